The number of benzene rings is 6. The van der Waals surface area contributed by atoms with E-state index in [2.05, 4.69) is 17.2 Å². The van der Waals surface area contributed by atoms with Crippen LogP contribution in [0.25, 0.3) is 0 Å². The monoisotopic (exact) mass is 941 g/mol. The molecule has 0 aromatic heterocycles. The number of fused-ring (bicyclic) bond motifs is 3. The lowest BCUT2D eigenvalue weighted by Crippen LogP contribution is -2.56. The van der Waals surface area contributed by atoms with Crippen LogP contribution in [0, 0.1) is 17.8 Å². The quantitative estimate of drug-likeness (QED) is 0.0596. The van der Waals surface area contributed by atoms with Crippen molar-refractivity contribution in [1.82, 2.24) is 10.2 Å². The summed E-state index contributed by atoms with van der Waals surface area (Å²) in [6.45, 7) is -0.653. The maximum absolute atomic E-state index is 16.4. The van der Waals surface area contributed by atoms with Gasteiger partial charge >= 0.3 is 12.1 Å². The molecule has 9 rings (SSSR count). The number of rotatable bonds is 14. The Kier molecular flexibility index (Phi) is 14.1. The highest BCUT2D eigenvalue weighted by Gasteiger charge is 2.75. The molecule has 3 aliphatic heterocycles. The molecule has 2 fully saturated rings. The van der Waals surface area contributed by atoms with Crippen molar-refractivity contribution < 1.29 is 53.1 Å². The number of hydrogen-bond acceptors (Lipinski definition) is 12. The molecule has 14 nitrogen and oxygen atoms in total. The van der Waals surface area contributed by atoms with Crippen LogP contribution in [0.5, 0.6) is 11.5 Å². The first kappa shape index (κ1) is 47.3. The molecule has 3 aliphatic rings. The zero-order valence-electron chi connectivity index (χ0n) is 38.5. The fourth-order valence-corrected chi connectivity index (χ4v) is 10.1. The molecule has 70 heavy (non-hydrogen) atoms. The van der Waals surface area contributed by atoms with Crippen LogP contribution in [0.1, 0.15) is 63.2 Å². The Balaban J connectivity index is 1.32. The lowest BCUT2D eigenvalue weighted by atomic mass is 9.65. The second kappa shape index (κ2) is 20.8. The molecular formula is C56H51N3O11. The number of anilines is 1. The largest absolute Gasteiger partial charge is 0.497 e. The summed E-state index contributed by atoms with van der Waals surface area (Å²) in [5.41, 5.74) is 1.78. The molecule has 3 N–H and O–H groups in total. The minimum atomic E-state index is -2.11. The highest BCUT2D eigenvalue weighted by molar-refractivity contribution is 6.23. The van der Waals surface area contributed by atoms with Gasteiger partial charge in [0.2, 0.25) is 11.8 Å². The predicted octanol–water partition coefficient (Wildman–Crippen LogP) is 6.76. The smallest absolute Gasteiger partial charge is 0.421 e. The van der Waals surface area contributed by atoms with Crippen LogP contribution in [-0.4, -0.2) is 92.2 Å². The first-order valence-electron chi connectivity index (χ1n) is 22.9. The van der Waals surface area contributed by atoms with Crippen molar-refractivity contribution in [2.24, 2.45) is 5.92 Å². The number of amides is 3. The van der Waals surface area contributed by atoms with Crippen LogP contribution in [0.3, 0.4) is 0 Å². The topological polar surface area (TPSA) is 173 Å². The minimum Gasteiger partial charge on any atom is -0.497 e. The lowest BCUT2D eigenvalue weighted by Gasteiger charge is -2.46. The Morgan fingerprint density at radius 2 is 1.36 bits per heavy atom. The molecule has 0 saturated carbocycles. The van der Waals surface area contributed by atoms with E-state index in [1.54, 1.807) is 86.0 Å². The summed E-state index contributed by atoms with van der Waals surface area (Å²) in [4.78, 5) is 64.9. The summed E-state index contributed by atoms with van der Waals surface area (Å²) in [6.07, 6.45) is -3.14. The Labute approximate surface area is 405 Å². The van der Waals surface area contributed by atoms with Gasteiger partial charge in [0.1, 0.15) is 42.3 Å². The number of aliphatic hydroxyl groups is 2. The van der Waals surface area contributed by atoms with E-state index < -0.39 is 65.5 Å². The van der Waals surface area contributed by atoms with Gasteiger partial charge in [0, 0.05) is 24.8 Å². The van der Waals surface area contributed by atoms with Crippen LogP contribution in [0.4, 0.5) is 10.5 Å². The predicted molar refractivity (Wildman–Crippen MR) is 258 cm³/mol. The molecule has 0 aliphatic carbocycles. The molecule has 356 valence electrons. The standard InChI is InChI=1S/C56H51N3O11/c1-66-32-33-69-55(65)58-45-29-22-37(19-18-36-20-25-42(67-2)26-21-36)34-44(45)56(54(58)64)47(52(62)57-35-46(61)38-12-6-3-7-13-38)49-53(63)70-50(40-16-10-5-11-17-40)48(39-14-8-4-9-15-39)59(49)51(56)41-23-27-43(28-24-41)68-31-30-60/h3-17,20-29,34,46-51,60-61H,30-33,35H2,1-2H3,(H,57,62). The highest BCUT2D eigenvalue weighted by Crippen LogP contribution is 2.66. The van der Waals surface area contributed by atoms with E-state index in [9.17, 15) is 15.0 Å². The molecule has 7 atom stereocenters. The Bertz CT molecular complexity index is 2890. The van der Waals surface area contributed by atoms with Crippen LogP contribution >= 0.6 is 0 Å². The van der Waals surface area contributed by atoms with Gasteiger partial charge in [-0.25, -0.2) is 9.69 Å². The molecule has 0 radical (unpaired) electrons. The van der Waals surface area contributed by atoms with Crippen LogP contribution in [0.15, 0.2) is 158 Å². The molecule has 14 heteroatoms. The molecule has 6 aromatic carbocycles. The Morgan fingerprint density at radius 1 is 0.729 bits per heavy atom. The molecule has 6 aromatic rings. The number of esters is 1. The molecule has 2 saturated heterocycles. The van der Waals surface area contributed by atoms with Gasteiger partial charge in [-0.15, -0.1) is 0 Å². The van der Waals surface area contributed by atoms with Gasteiger partial charge < -0.3 is 39.2 Å². The summed E-state index contributed by atoms with van der Waals surface area (Å²) in [5.74, 6) is 3.51. The number of morpholine rings is 1. The van der Waals surface area contributed by atoms with Crippen LogP contribution < -0.4 is 19.7 Å². The number of ether oxygens (including phenoxy) is 5. The van der Waals surface area contributed by atoms with Gasteiger partial charge in [-0.3, -0.25) is 19.3 Å². The van der Waals surface area contributed by atoms with E-state index in [1.807, 2.05) is 83.8 Å². The van der Waals surface area contributed by atoms with Crippen molar-refractivity contribution in [3.63, 3.8) is 0 Å². The van der Waals surface area contributed by atoms with Gasteiger partial charge in [0.05, 0.1) is 50.1 Å². The summed E-state index contributed by atoms with van der Waals surface area (Å²) in [5, 5.41) is 24.0. The van der Waals surface area contributed by atoms with E-state index in [-0.39, 0.29) is 44.2 Å². The molecular weight excluding hydrogens is 891 g/mol. The minimum absolute atomic E-state index is 0.0189. The van der Waals surface area contributed by atoms with Crippen molar-refractivity contribution in [3.8, 4) is 23.3 Å². The zero-order chi connectivity index (χ0) is 48.8. The van der Waals surface area contributed by atoms with Gasteiger partial charge in [0.15, 0.2) is 0 Å². The zero-order valence-corrected chi connectivity index (χ0v) is 38.5. The third-order valence-electron chi connectivity index (χ3n) is 13.1. The number of nitrogens with zero attached hydrogens (tertiary/aromatic N) is 2. The first-order valence-corrected chi connectivity index (χ1v) is 22.9. The second-order valence-electron chi connectivity index (χ2n) is 17.0. The summed E-state index contributed by atoms with van der Waals surface area (Å²) in [7, 11) is 3.03. The maximum atomic E-state index is 16.4. The first-order chi connectivity index (χ1) is 34.2. The second-order valence-corrected chi connectivity index (χ2v) is 17.0. The third-order valence-corrected chi connectivity index (χ3v) is 13.1. The van der Waals surface area contributed by atoms with E-state index in [0.29, 0.717) is 39.3 Å². The number of hydrogen-bond donors (Lipinski definition) is 3. The summed E-state index contributed by atoms with van der Waals surface area (Å²) in [6, 6.07) is 43.1. The van der Waals surface area contributed by atoms with Crippen molar-refractivity contribution in [1.29, 1.82) is 0 Å². The van der Waals surface area contributed by atoms with Gasteiger partial charge in [0.25, 0.3) is 0 Å². The molecule has 3 amide bonds. The normalized spacial score (nSPS) is 21.7. The van der Waals surface area contributed by atoms with Crippen molar-refractivity contribution in [3.05, 3.63) is 197 Å². The van der Waals surface area contributed by atoms with E-state index in [0.717, 1.165) is 10.5 Å². The van der Waals surface area contributed by atoms with Crippen LogP contribution in [-0.2, 0) is 34.0 Å². The molecule has 7 unspecified atom stereocenters. The number of aliphatic hydroxyl groups excluding tert-OH is 2. The number of cyclic esters (lactones) is 1. The van der Waals surface area contributed by atoms with Crippen molar-refractivity contribution in [2.75, 3.05) is 52.1 Å². The molecule has 3 heterocycles. The van der Waals surface area contributed by atoms with Gasteiger partial charge in [-0.2, -0.15) is 0 Å². The fourth-order valence-electron chi connectivity index (χ4n) is 10.1. The number of methoxy groups -OCH3 is 2. The van der Waals surface area contributed by atoms with E-state index in [1.165, 1.54) is 7.11 Å². The average Bonchev–Trinajstić information content (AvgIpc) is 3.86. The number of carbonyl (C=O) groups excluding carboxylic acids is 4. The Morgan fingerprint density at radius 3 is 2.01 bits per heavy atom. The van der Waals surface area contributed by atoms with Gasteiger partial charge in [-0.1, -0.05) is 115 Å². The summed E-state index contributed by atoms with van der Waals surface area (Å²) < 4.78 is 28.6. The fraction of sp³-hybridized carbons (Fsp3) is 0.250. The van der Waals surface area contributed by atoms with Crippen molar-refractivity contribution in [2.45, 2.75) is 35.7 Å². The Hall–Kier alpha value is -7.80. The SMILES string of the molecule is COCCOC(=O)N1C(=O)C2(c3cc(C#Cc4ccc(OC)cc4)ccc31)C(C(=O)NCC(O)c1ccccc1)C1C(=O)OC(c3ccccc3)C(c3ccccc3)N1C2c1ccc(OCCO)cc1. The maximum Gasteiger partial charge on any atom is 0.421 e. The van der Waals surface area contributed by atoms with E-state index >= 15 is 14.4 Å². The molecule has 1 spiro atoms. The highest BCUT2D eigenvalue weighted by atomic mass is 16.6. The number of imide groups is 1. The lowest BCUT2D eigenvalue weighted by molar-refractivity contribution is -0.178. The van der Waals surface area contributed by atoms with E-state index in [4.69, 9.17) is 23.7 Å². The number of carbonyl (C=O) groups is 4. The van der Waals surface area contributed by atoms with Crippen LogP contribution in [0.2, 0.25) is 0 Å². The third kappa shape index (κ3) is 8.87. The average molecular weight is 942 g/mol. The van der Waals surface area contributed by atoms with Crippen molar-refractivity contribution >= 4 is 29.6 Å². The molecule has 0 bridgehead atoms. The number of nitrogens with one attached hydrogen (secondary N) is 1. The summed E-state index contributed by atoms with van der Waals surface area (Å²) >= 11 is 0. The van der Waals surface area contributed by atoms with Gasteiger partial charge in [-0.05, 0) is 82.4 Å².